The molecule has 0 aromatic carbocycles. The molecule has 2 heteroatoms. The second kappa shape index (κ2) is 5.86. The molecular formula is C13H22N2. The van der Waals surface area contributed by atoms with Gasteiger partial charge in [-0.05, 0) is 37.0 Å². The first-order valence-electron chi connectivity index (χ1n) is 5.77. The smallest absolute Gasteiger partial charge is 0.0375 e. The lowest BCUT2D eigenvalue weighted by molar-refractivity contribution is 0.505. The second-order valence-electron chi connectivity index (χ2n) is 4.66. The fourth-order valence-electron chi connectivity index (χ4n) is 1.71. The molecule has 0 aliphatic heterocycles. The van der Waals surface area contributed by atoms with Gasteiger partial charge in [-0.1, -0.05) is 26.7 Å². The largest absolute Gasteiger partial charge is 0.324 e. The van der Waals surface area contributed by atoms with Gasteiger partial charge in [-0.2, -0.15) is 0 Å². The molecule has 0 saturated carbocycles. The summed E-state index contributed by atoms with van der Waals surface area (Å²) in [7, 11) is 0. The van der Waals surface area contributed by atoms with E-state index in [-0.39, 0.29) is 6.04 Å². The van der Waals surface area contributed by atoms with Crippen molar-refractivity contribution in [1.29, 1.82) is 0 Å². The number of hydrogen-bond donors (Lipinski definition) is 1. The summed E-state index contributed by atoms with van der Waals surface area (Å²) in [5, 5.41) is 0. The number of nitrogens with two attached hydrogens (primary N) is 1. The quantitative estimate of drug-likeness (QED) is 0.803. The minimum atomic E-state index is 0.172. The average Bonchev–Trinajstić information content (AvgIpc) is 2.17. The van der Waals surface area contributed by atoms with Crippen LogP contribution in [0.3, 0.4) is 0 Å². The summed E-state index contributed by atoms with van der Waals surface area (Å²) < 4.78 is 0. The Morgan fingerprint density at radius 1 is 1.33 bits per heavy atom. The predicted molar refractivity (Wildman–Crippen MR) is 64.6 cm³/mol. The average molecular weight is 206 g/mol. The molecule has 1 rings (SSSR count). The molecule has 0 aliphatic carbocycles. The fourth-order valence-corrected chi connectivity index (χ4v) is 1.71. The summed E-state index contributed by atoms with van der Waals surface area (Å²) in [5.74, 6) is 0.774. The highest BCUT2D eigenvalue weighted by atomic mass is 14.7. The van der Waals surface area contributed by atoms with Crippen molar-refractivity contribution in [1.82, 2.24) is 4.98 Å². The number of nitrogens with zero attached hydrogens (tertiary/aromatic N) is 1. The first-order valence-corrected chi connectivity index (χ1v) is 5.77. The summed E-state index contributed by atoms with van der Waals surface area (Å²) in [6.45, 7) is 6.51. The van der Waals surface area contributed by atoms with Gasteiger partial charge in [0, 0.05) is 17.9 Å². The van der Waals surface area contributed by atoms with Crippen LogP contribution in [0.25, 0.3) is 0 Å². The Morgan fingerprint density at radius 2 is 2.07 bits per heavy atom. The molecule has 2 nitrogen and oxygen atoms in total. The van der Waals surface area contributed by atoms with E-state index in [1.54, 1.807) is 0 Å². The van der Waals surface area contributed by atoms with Crippen molar-refractivity contribution in [3.63, 3.8) is 0 Å². The van der Waals surface area contributed by atoms with E-state index < -0.39 is 0 Å². The van der Waals surface area contributed by atoms with Gasteiger partial charge in [-0.25, -0.2) is 0 Å². The highest BCUT2D eigenvalue weighted by Crippen LogP contribution is 2.18. The Hall–Kier alpha value is -0.890. The lowest BCUT2D eigenvalue weighted by atomic mass is 9.99. The van der Waals surface area contributed by atoms with E-state index in [9.17, 15) is 0 Å². The van der Waals surface area contributed by atoms with E-state index in [2.05, 4.69) is 24.9 Å². The SMILES string of the molecule is Cc1cc(C(N)CCCC(C)C)ccn1. The van der Waals surface area contributed by atoms with Gasteiger partial charge in [0.15, 0.2) is 0 Å². The van der Waals surface area contributed by atoms with Gasteiger partial charge in [0.1, 0.15) is 0 Å². The fraction of sp³-hybridized carbons (Fsp3) is 0.615. The van der Waals surface area contributed by atoms with Gasteiger partial charge in [0.25, 0.3) is 0 Å². The van der Waals surface area contributed by atoms with Crippen molar-refractivity contribution in [3.8, 4) is 0 Å². The van der Waals surface area contributed by atoms with E-state index in [1.165, 1.54) is 18.4 Å². The molecule has 1 heterocycles. The van der Waals surface area contributed by atoms with Crippen LogP contribution < -0.4 is 5.73 Å². The Morgan fingerprint density at radius 3 is 2.67 bits per heavy atom. The van der Waals surface area contributed by atoms with E-state index in [4.69, 9.17) is 5.73 Å². The molecule has 1 aromatic rings. The van der Waals surface area contributed by atoms with Gasteiger partial charge in [0.2, 0.25) is 0 Å². The van der Waals surface area contributed by atoms with Crippen molar-refractivity contribution < 1.29 is 0 Å². The summed E-state index contributed by atoms with van der Waals surface area (Å²) in [6.07, 6.45) is 5.38. The summed E-state index contributed by atoms with van der Waals surface area (Å²) in [4.78, 5) is 4.18. The molecule has 1 aromatic heterocycles. The van der Waals surface area contributed by atoms with Crippen LogP contribution in [0.5, 0.6) is 0 Å². The number of rotatable bonds is 5. The highest BCUT2D eigenvalue weighted by molar-refractivity contribution is 5.18. The summed E-state index contributed by atoms with van der Waals surface area (Å²) in [5.41, 5.74) is 8.38. The highest BCUT2D eigenvalue weighted by Gasteiger charge is 2.06. The van der Waals surface area contributed by atoms with Crippen molar-refractivity contribution in [2.24, 2.45) is 11.7 Å². The third kappa shape index (κ3) is 4.43. The van der Waals surface area contributed by atoms with Gasteiger partial charge in [0.05, 0.1) is 0 Å². The minimum Gasteiger partial charge on any atom is -0.324 e. The third-order valence-electron chi connectivity index (χ3n) is 2.65. The molecule has 84 valence electrons. The second-order valence-corrected chi connectivity index (χ2v) is 4.66. The molecule has 1 unspecified atom stereocenters. The number of aryl methyl sites for hydroxylation is 1. The molecule has 0 saturated heterocycles. The Kier molecular flexibility index (Phi) is 4.76. The first kappa shape index (κ1) is 12.2. The molecule has 0 radical (unpaired) electrons. The van der Waals surface area contributed by atoms with E-state index in [1.807, 2.05) is 19.2 Å². The number of hydrogen-bond acceptors (Lipinski definition) is 2. The molecular weight excluding hydrogens is 184 g/mol. The summed E-state index contributed by atoms with van der Waals surface area (Å²) in [6, 6.07) is 4.28. The standard InChI is InChI=1S/C13H22N2/c1-10(2)5-4-6-13(14)12-7-8-15-11(3)9-12/h7-10,13H,4-6,14H2,1-3H3. The van der Waals surface area contributed by atoms with Crippen LogP contribution in [0.15, 0.2) is 18.3 Å². The zero-order valence-corrected chi connectivity index (χ0v) is 10.0. The molecule has 0 fully saturated rings. The molecule has 0 spiro atoms. The monoisotopic (exact) mass is 206 g/mol. The van der Waals surface area contributed by atoms with Crippen LogP contribution in [0, 0.1) is 12.8 Å². The van der Waals surface area contributed by atoms with Gasteiger partial charge in [-0.15, -0.1) is 0 Å². The zero-order valence-electron chi connectivity index (χ0n) is 10.0. The lowest BCUT2D eigenvalue weighted by Gasteiger charge is -2.13. The maximum atomic E-state index is 6.12. The van der Waals surface area contributed by atoms with Gasteiger partial charge in [-0.3, -0.25) is 4.98 Å². The molecule has 0 amide bonds. The van der Waals surface area contributed by atoms with E-state index >= 15 is 0 Å². The van der Waals surface area contributed by atoms with Crippen molar-refractivity contribution >= 4 is 0 Å². The van der Waals surface area contributed by atoms with Crippen LogP contribution in [-0.2, 0) is 0 Å². The molecule has 0 aliphatic rings. The van der Waals surface area contributed by atoms with Crippen LogP contribution in [0.2, 0.25) is 0 Å². The van der Waals surface area contributed by atoms with Crippen LogP contribution in [-0.4, -0.2) is 4.98 Å². The van der Waals surface area contributed by atoms with E-state index in [0.717, 1.165) is 18.0 Å². The Balaban J connectivity index is 2.43. The molecule has 0 bridgehead atoms. The van der Waals surface area contributed by atoms with Gasteiger partial charge >= 0.3 is 0 Å². The van der Waals surface area contributed by atoms with E-state index in [0.29, 0.717) is 0 Å². The predicted octanol–water partition coefficient (Wildman–Crippen LogP) is 3.22. The number of aromatic nitrogens is 1. The normalized spacial score (nSPS) is 13.1. The minimum absolute atomic E-state index is 0.172. The zero-order chi connectivity index (χ0) is 11.3. The van der Waals surface area contributed by atoms with Crippen LogP contribution in [0.1, 0.15) is 50.4 Å². The van der Waals surface area contributed by atoms with Crippen molar-refractivity contribution in [2.45, 2.75) is 46.1 Å². The maximum Gasteiger partial charge on any atom is 0.0375 e. The van der Waals surface area contributed by atoms with Gasteiger partial charge < -0.3 is 5.73 Å². The number of pyridine rings is 1. The summed E-state index contributed by atoms with van der Waals surface area (Å²) >= 11 is 0. The molecule has 2 N–H and O–H groups in total. The molecule has 15 heavy (non-hydrogen) atoms. The Bertz CT molecular complexity index is 294. The van der Waals surface area contributed by atoms with Crippen LogP contribution in [0.4, 0.5) is 0 Å². The van der Waals surface area contributed by atoms with Crippen molar-refractivity contribution in [3.05, 3.63) is 29.6 Å². The third-order valence-corrected chi connectivity index (χ3v) is 2.65. The topological polar surface area (TPSA) is 38.9 Å². The maximum absolute atomic E-state index is 6.12. The van der Waals surface area contributed by atoms with Crippen LogP contribution >= 0.6 is 0 Å². The first-order chi connectivity index (χ1) is 7.09. The Labute approximate surface area is 92.9 Å². The lowest BCUT2D eigenvalue weighted by Crippen LogP contribution is -2.10. The van der Waals surface area contributed by atoms with Crippen molar-refractivity contribution in [2.75, 3.05) is 0 Å². The molecule has 1 atom stereocenters.